The molecule has 0 radical (unpaired) electrons. The summed E-state index contributed by atoms with van der Waals surface area (Å²) in [4.78, 5) is 15.0. The Kier molecular flexibility index (Phi) is 5.57. The lowest BCUT2D eigenvalue weighted by atomic mass is 9.82. The molecule has 1 N–H and O–H groups in total. The number of aliphatic hydroxyl groups is 1. The minimum absolute atomic E-state index is 0. The van der Waals surface area contributed by atoms with Crippen molar-refractivity contribution in [3.8, 4) is 5.75 Å². The average Bonchev–Trinajstić information content (AvgIpc) is 3.16. The van der Waals surface area contributed by atoms with Crippen molar-refractivity contribution >= 4 is 5.91 Å². The van der Waals surface area contributed by atoms with Crippen LogP contribution < -0.4 is 4.74 Å². The summed E-state index contributed by atoms with van der Waals surface area (Å²) in [7, 11) is 0. The zero-order valence-corrected chi connectivity index (χ0v) is 17.8. The number of benzene rings is 2. The number of hydrogen-bond acceptors (Lipinski definition) is 5. The van der Waals surface area contributed by atoms with Crippen molar-refractivity contribution in [2.45, 2.75) is 44.5 Å². The Morgan fingerprint density at radius 3 is 2.77 bits per heavy atom. The van der Waals surface area contributed by atoms with Crippen LogP contribution in [0, 0.1) is 6.92 Å². The first kappa shape index (κ1) is 20.8. The van der Waals surface area contributed by atoms with Crippen LogP contribution in [0.15, 0.2) is 48.5 Å². The number of nitrogens with zero attached hydrogens (tertiary/aromatic N) is 1. The fourth-order valence-corrected chi connectivity index (χ4v) is 4.17. The van der Waals surface area contributed by atoms with E-state index in [1.54, 1.807) is 26.0 Å². The molecule has 2 aliphatic heterocycles. The molecule has 2 atom stereocenters. The topological polar surface area (TPSA) is 68.2 Å². The molecule has 1 amide bonds. The van der Waals surface area contributed by atoms with E-state index >= 15 is 0 Å². The molecule has 0 saturated carbocycles. The molecule has 0 spiro atoms. The SMILES string of the molecule is Cc1cc(C(=O)N2CC[C@@]3(c4ccccc4)OCOC3C2)ccc1OCC(C)(C)O.[HH]. The van der Waals surface area contributed by atoms with Gasteiger partial charge in [-0.25, -0.2) is 0 Å². The largest absolute Gasteiger partial charge is 0.490 e. The van der Waals surface area contributed by atoms with Gasteiger partial charge in [0, 0.05) is 20.0 Å². The van der Waals surface area contributed by atoms with Crippen LogP contribution in [-0.2, 0) is 15.1 Å². The van der Waals surface area contributed by atoms with Crippen molar-refractivity contribution in [1.29, 1.82) is 0 Å². The fourth-order valence-electron chi connectivity index (χ4n) is 4.17. The van der Waals surface area contributed by atoms with E-state index in [1.165, 1.54) is 0 Å². The first-order valence-electron chi connectivity index (χ1n) is 10.3. The van der Waals surface area contributed by atoms with E-state index in [2.05, 4.69) is 12.1 Å². The van der Waals surface area contributed by atoms with E-state index in [-0.39, 0.29) is 26.8 Å². The predicted molar refractivity (Wildman–Crippen MR) is 115 cm³/mol. The lowest BCUT2D eigenvalue weighted by Gasteiger charge is -2.42. The molecule has 2 fully saturated rings. The molecule has 30 heavy (non-hydrogen) atoms. The van der Waals surface area contributed by atoms with Crippen LogP contribution in [0.1, 0.15) is 43.2 Å². The molecule has 6 heteroatoms. The summed E-state index contributed by atoms with van der Waals surface area (Å²) in [5.74, 6) is 0.646. The molecule has 2 aliphatic rings. The number of piperidine rings is 1. The van der Waals surface area contributed by atoms with Gasteiger partial charge in [-0.2, -0.15) is 0 Å². The second-order valence-corrected chi connectivity index (χ2v) is 8.76. The van der Waals surface area contributed by atoms with Crippen molar-refractivity contribution < 1.29 is 25.5 Å². The normalized spacial score (nSPS) is 23.9. The first-order valence-corrected chi connectivity index (χ1v) is 10.3. The Hall–Kier alpha value is -2.41. The summed E-state index contributed by atoms with van der Waals surface area (Å²) in [6.07, 6.45) is 0.507. The highest BCUT2D eigenvalue weighted by Gasteiger charge is 2.51. The molecule has 2 saturated heterocycles. The summed E-state index contributed by atoms with van der Waals surface area (Å²) < 4.78 is 17.6. The van der Waals surface area contributed by atoms with Gasteiger partial charge in [-0.1, -0.05) is 30.3 Å². The van der Waals surface area contributed by atoms with Gasteiger partial charge in [0.05, 0.1) is 12.1 Å². The molecule has 4 rings (SSSR count). The number of hydrogen-bond donors (Lipinski definition) is 1. The highest BCUT2D eigenvalue weighted by molar-refractivity contribution is 5.94. The van der Waals surface area contributed by atoms with Crippen molar-refractivity contribution in [2.75, 3.05) is 26.5 Å². The number of rotatable bonds is 5. The average molecular weight is 414 g/mol. The zero-order chi connectivity index (χ0) is 21.4. The van der Waals surface area contributed by atoms with E-state index in [0.717, 1.165) is 11.1 Å². The second-order valence-electron chi connectivity index (χ2n) is 8.76. The highest BCUT2D eigenvalue weighted by Crippen LogP contribution is 2.42. The summed E-state index contributed by atoms with van der Waals surface area (Å²) >= 11 is 0. The Morgan fingerprint density at radius 1 is 1.30 bits per heavy atom. The molecule has 162 valence electrons. The van der Waals surface area contributed by atoms with Crippen LogP contribution in [0.2, 0.25) is 0 Å². The Bertz CT molecular complexity index is 914. The van der Waals surface area contributed by atoms with Gasteiger partial charge < -0.3 is 24.2 Å². The van der Waals surface area contributed by atoms with Crippen LogP contribution in [0.25, 0.3) is 0 Å². The van der Waals surface area contributed by atoms with E-state index < -0.39 is 11.2 Å². The third-order valence-corrected chi connectivity index (χ3v) is 5.80. The Balaban J connectivity index is 0.00000272. The maximum Gasteiger partial charge on any atom is 0.253 e. The van der Waals surface area contributed by atoms with Crippen molar-refractivity contribution in [2.24, 2.45) is 0 Å². The van der Waals surface area contributed by atoms with Crippen LogP contribution >= 0.6 is 0 Å². The second kappa shape index (κ2) is 8.02. The van der Waals surface area contributed by atoms with Crippen molar-refractivity contribution in [3.05, 3.63) is 65.2 Å². The molecule has 0 aromatic heterocycles. The molecular formula is C24H31NO5. The zero-order valence-electron chi connectivity index (χ0n) is 17.8. The molecule has 2 aromatic carbocycles. The monoisotopic (exact) mass is 413 g/mol. The predicted octanol–water partition coefficient (Wildman–Crippen LogP) is 3.51. The van der Waals surface area contributed by atoms with Crippen LogP contribution in [0.3, 0.4) is 0 Å². The van der Waals surface area contributed by atoms with Gasteiger partial charge >= 0.3 is 0 Å². The quantitative estimate of drug-likeness (QED) is 0.813. The molecule has 2 heterocycles. The number of ether oxygens (including phenoxy) is 3. The Morgan fingerprint density at radius 2 is 2.07 bits per heavy atom. The van der Waals surface area contributed by atoms with Gasteiger partial charge in [0.2, 0.25) is 0 Å². The van der Waals surface area contributed by atoms with Gasteiger partial charge in [0.1, 0.15) is 30.9 Å². The van der Waals surface area contributed by atoms with Crippen molar-refractivity contribution in [3.63, 3.8) is 0 Å². The third-order valence-electron chi connectivity index (χ3n) is 5.80. The van der Waals surface area contributed by atoms with Crippen LogP contribution in [0.4, 0.5) is 0 Å². The number of carbonyl (C=O) groups is 1. The van der Waals surface area contributed by atoms with E-state index in [9.17, 15) is 9.90 Å². The minimum atomic E-state index is -0.913. The third kappa shape index (κ3) is 4.08. The standard InChI is InChI=1S/C24H29NO5.H2/c1-17-13-18(9-10-20(17)28-15-23(2,3)27)22(26)25-12-11-24(19-7-5-4-6-8-19)21(14-25)29-16-30-24;/h4-10,13,21,27H,11-12,14-16H2,1-3H3;1H/t21?,24-;/m0./s1. The lowest BCUT2D eigenvalue weighted by Crippen LogP contribution is -2.53. The van der Waals surface area contributed by atoms with Gasteiger partial charge in [0.15, 0.2) is 0 Å². The molecule has 6 nitrogen and oxygen atoms in total. The van der Waals surface area contributed by atoms with Gasteiger partial charge in [-0.15, -0.1) is 0 Å². The Labute approximate surface area is 178 Å². The summed E-state index contributed by atoms with van der Waals surface area (Å²) in [5, 5.41) is 9.85. The highest BCUT2D eigenvalue weighted by atomic mass is 16.7. The smallest absolute Gasteiger partial charge is 0.253 e. The van der Waals surface area contributed by atoms with E-state index in [0.29, 0.717) is 30.8 Å². The van der Waals surface area contributed by atoms with Gasteiger partial charge in [-0.3, -0.25) is 4.79 Å². The number of amides is 1. The molecular weight excluding hydrogens is 382 g/mol. The maximum atomic E-state index is 13.2. The van der Waals surface area contributed by atoms with Crippen LogP contribution in [-0.4, -0.2) is 54.1 Å². The van der Waals surface area contributed by atoms with Gasteiger partial charge in [-0.05, 0) is 50.1 Å². The molecule has 0 bridgehead atoms. The number of likely N-dealkylation sites (tertiary alicyclic amines) is 1. The minimum Gasteiger partial charge on any atom is -0.490 e. The number of carbonyl (C=O) groups excluding carboxylic acids is 1. The lowest BCUT2D eigenvalue weighted by molar-refractivity contribution is -0.0439. The maximum absolute atomic E-state index is 13.2. The molecule has 1 unspecified atom stereocenters. The molecule has 0 aliphatic carbocycles. The molecule has 2 aromatic rings. The van der Waals surface area contributed by atoms with Crippen molar-refractivity contribution in [1.82, 2.24) is 4.90 Å². The van der Waals surface area contributed by atoms with Gasteiger partial charge in [0.25, 0.3) is 5.91 Å². The number of aryl methyl sites for hydroxylation is 1. The summed E-state index contributed by atoms with van der Waals surface area (Å²) in [6, 6.07) is 15.5. The summed E-state index contributed by atoms with van der Waals surface area (Å²) in [5.41, 5.74) is 1.19. The summed E-state index contributed by atoms with van der Waals surface area (Å²) in [6.45, 7) is 6.82. The first-order chi connectivity index (χ1) is 14.3. The van der Waals surface area contributed by atoms with E-state index in [4.69, 9.17) is 14.2 Å². The fraction of sp³-hybridized carbons (Fsp3) is 0.458. The number of fused-ring (bicyclic) bond motifs is 1. The van der Waals surface area contributed by atoms with E-state index in [1.807, 2.05) is 36.1 Å². The van der Waals surface area contributed by atoms with Crippen LogP contribution in [0.5, 0.6) is 5.75 Å².